The van der Waals surface area contributed by atoms with Crippen molar-refractivity contribution in [3.63, 3.8) is 0 Å². The fourth-order valence-electron chi connectivity index (χ4n) is 3.74. The molecule has 0 bridgehead atoms. The standard InChI is InChI=1S/C17H23NO/c19-15-10-12-18(13-11-15)17-9-5-4-8-16(17)14-6-2-1-3-7-14/h1-3,6-7,16-17H,4-5,8-13H2/t16-,17+/m0/s1. The third-order valence-electron chi connectivity index (χ3n) is 4.78. The summed E-state index contributed by atoms with van der Waals surface area (Å²) in [5, 5.41) is 0. The Morgan fingerprint density at radius 3 is 2.37 bits per heavy atom. The second-order valence-corrected chi connectivity index (χ2v) is 5.94. The molecule has 0 spiro atoms. The van der Waals surface area contributed by atoms with E-state index < -0.39 is 0 Å². The van der Waals surface area contributed by atoms with Crippen LogP contribution in [0.1, 0.15) is 50.0 Å². The summed E-state index contributed by atoms with van der Waals surface area (Å²) in [5.74, 6) is 1.12. The van der Waals surface area contributed by atoms with Crippen LogP contribution in [0.25, 0.3) is 0 Å². The average Bonchev–Trinajstić information content (AvgIpc) is 2.49. The van der Waals surface area contributed by atoms with Gasteiger partial charge in [-0.1, -0.05) is 43.2 Å². The quantitative estimate of drug-likeness (QED) is 0.809. The summed E-state index contributed by atoms with van der Waals surface area (Å²) in [6.07, 6.45) is 6.82. The van der Waals surface area contributed by atoms with Crippen LogP contribution in [-0.4, -0.2) is 29.8 Å². The second-order valence-electron chi connectivity index (χ2n) is 5.94. The fourth-order valence-corrected chi connectivity index (χ4v) is 3.74. The fraction of sp³-hybridized carbons (Fsp3) is 0.588. The van der Waals surface area contributed by atoms with Crippen LogP contribution in [0.5, 0.6) is 0 Å². The summed E-state index contributed by atoms with van der Waals surface area (Å²) < 4.78 is 0. The minimum absolute atomic E-state index is 0.448. The van der Waals surface area contributed by atoms with Crippen LogP contribution >= 0.6 is 0 Å². The number of likely N-dealkylation sites (tertiary alicyclic amines) is 1. The van der Waals surface area contributed by atoms with Crippen LogP contribution in [0.15, 0.2) is 30.3 Å². The molecule has 1 aromatic rings. The van der Waals surface area contributed by atoms with Gasteiger partial charge in [-0.3, -0.25) is 9.69 Å². The van der Waals surface area contributed by atoms with Gasteiger partial charge in [-0.05, 0) is 24.3 Å². The van der Waals surface area contributed by atoms with Crippen molar-refractivity contribution in [1.82, 2.24) is 4.90 Å². The molecule has 0 unspecified atom stereocenters. The lowest BCUT2D eigenvalue weighted by molar-refractivity contribution is -0.122. The van der Waals surface area contributed by atoms with Crippen LogP contribution in [-0.2, 0) is 4.79 Å². The SMILES string of the molecule is O=C1CCN([C@@H]2CCCC[C@H]2c2ccccc2)CC1. The first-order chi connectivity index (χ1) is 9.34. The Labute approximate surface area is 115 Å². The zero-order valence-electron chi connectivity index (χ0n) is 11.6. The van der Waals surface area contributed by atoms with Gasteiger partial charge in [0.15, 0.2) is 0 Å². The normalized spacial score (nSPS) is 29.4. The van der Waals surface area contributed by atoms with Crippen molar-refractivity contribution >= 4 is 5.78 Å². The number of hydrogen-bond acceptors (Lipinski definition) is 2. The molecule has 3 rings (SSSR count). The molecule has 1 heterocycles. The monoisotopic (exact) mass is 257 g/mol. The molecular formula is C17H23NO. The van der Waals surface area contributed by atoms with Gasteiger partial charge in [0, 0.05) is 32.0 Å². The van der Waals surface area contributed by atoms with Crippen LogP contribution in [0.4, 0.5) is 0 Å². The number of benzene rings is 1. The van der Waals surface area contributed by atoms with Gasteiger partial charge in [0.1, 0.15) is 5.78 Å². The lowest BCUT2D eigenvalue weighted by Gasteiger charge is -2.41. The van der Waals surface area contributed by atoms with E-state index in [1.165, 1.54) is 31.2 Å². The Balaban J connectivity index is 1.76. The molecule has 1 aliphatic carbocycles. The number of ketones is 1. The van der Waals surface area contributed by atoms with E-state index in [-0.39, 0.29) is 0 Å². The van der Waals surface area contributed by atoms with Gasteiger partial charge in [-0.2, -0.15) is 0 Å². The number of piperidine rings is 1. The Hall–Kier alpha value is -1.15. The van der Waals surface area contributed by atoms with E-state index in [2.05, 4.69) is 35.2 Å². The molecular weight excluding hydrogens is 234 g/mol. The van der Waals surface area contributed by atoms with Crippen LogP contribution in [0, 0.1) is 0 Å². The number of rotatable bonds is 2. The number of Topliss-reactive ketones (excluding diaryl/α,β-unsaturated/α-hetero) is 1. The third kappa shape index (κ3) is 2.89. The van der Waals surface area contributed by atoms with Crippen molar-refractivity contribution in [3.05, 3.63) is 35.9 Å². The van der Waals surface area contributed by atoms with Gasteiger partial charge >= 0.3 is 0 Å². The van der Waals surface area contributed by atoms with Gasteiger partial charge in [-0.25, -0.2) is 0 Å². The lowest BCUT2D eigenvalue weighted by atomic mass is 9.78. The summed E-state index contributed by atoms with van der Waals surface area (Å²) in [5.41, 5.74) is 1.49. The Bertz CT molecular complexity index is 418. The van der Waals surface area contributed by atoms with Crippen molar-refractivity contribution in [2.75, 3.05) is 13.1 Å². The number of carbonyl (C=O) groups excluding carboxylic acids is 1. The molecule has 2 heteroatoms. The summed E-state index contributed by atoms with van der Waals surface area (Å²) in [6, 6.07) is 11.6. The molecule has 1 aliphatic heterocycles. The summed E-state index contributed by atoms with van der Waals surface area (Å²) in [4.78, 5) is 14.0. The first-order valence-corrected chi connectivity index (χ1v) is 7.65. The maximum atomic E-state index is 11.4. The van der Waals surface area contributed by atoms with E-state index >= 15 is 0 Å². The minimum Gasteiger partial charge on any atom is -0.300 e. The largest absolute Gasteiger partial charge is 0.300 e. The van der Waals surface area contributed by atoms with E-state index in [0.29, 0.717) is 17.7 Å². The van der Waals surface area contributed by atoms with E-state index in [1.807, 2.05) is 0 Å². The van der Waals surface area contributed by atoms with Gasteiger partial charge in [0.2, 0.25) is 0 Å². The van der Waals surface area contributed by atoms with Crippen molar-refractivity contribution in [2.24, 2.45) is 0 Å². The second kappa shape index (κ2) is 5.87. The minimum atomic E-state index is 0.448. The highest BCUT2D eigenvalue weighted by atomic mass is 16.1. The highest BCUT2D eigenvalue weighted by Crippen LogP contribution is 2.36. The summed E-state index contributed by atoms with van der Waals surface area (Å²) in [7, 11) is 0. The molecule has 0 N–H and O–H groups in total. The van der Waals surface area contributed by atoms with Crippen molar-refractivity contribution in [2.45, 2.75) is 50.5 Å². The van der Waals surface area contributed by atoms with Gasteiger partial charge < -0.3 is 0 Å². The molecule has 19 heavy (non-hydrogen) atoms. The third-order valence-corrected chi connectivity index (χ3v) is 4.78. The molecule has 0 aromatic heterocycles. The summed E-state index contributed by atoms with van der Waals surface area (Å²) in [6.45, 7) is 1.96. The lowest BCUT2D eigenvalue weighted by Crippen LogP contribution is -2.45. The highest BCUT2D eigenvalue weighted by Gasteiger charge is 2.32. The zero-order chi connectivity index (χ0) is 13.1. The molecule has 1 saturated carbocycles. The van der Waals surface area contributed by atoms with Gasteiger partial charge in [0.25, 0.3) is 0 Å². The van der Waals surface area contributed by atoms with E-state index in [4.69, 9.17) is 0 Å². The molecule has 1 aromatic carbocycles. The maximum Gasteiger partial charge on any atom is 0.135 e. The van der Waals surface area contributed by atoms with Crippen molar-refractivity contribution in [3.8, 4) is 0 Å². The van der Waals surface area contributed by atoms with E-state index in [0.717, 1.165) is 25.9 Å². The first kappa shape index (κ1) is 12.9. The topological polar surface area (TPSA) is 20.3 Å². The van der Waals surface area contributed by atoms with Crippen LogP contribution in [0.2, 0.25) is 0 Å². The molecule has 0 amide bonds. The van der Waals surface area contributed by atoms with Crippen molar-refractivity contribution in [1.29, 1.82) is 0 Å². The summed E-state index contributed by atoms with van der Waals surface area (Å²) >= 11 is 0. The average molecular weight is 257 g/mol. The smallest absolute Gasteiger partial charge is 0.135 e. The van der Waals surface area contributed by atoms with Crippen LogP contribution < -0.4 is 0 Å². The Morgan fingerprint density at radius 1 is 0.947 bits per heavy atom. The molecule has 2 aliphatic rings. The predicted molar refractivity (Wildman–Crippen MR) is 77.3 cm³/mol. The number of nitrogens with zero attached hydrogens (tertiary/aromatic N) is 1. The number of hydrogen-bond donors (Lipinski definition) is 0. The predicted octanol–water partition coefficient (Wildman–Crippen LogP) is 3.38. The molecule has 2 atom stereocenters. The Kier molecular flexibility index (Phi) is 3.97. The maximum absolute atomic E-state index is 11.4. The molecule has 1 saturated heterocycles. The van der Waals surface area contributed by atoms with Gasteiger partial charge in [0.05, 0.1) is 0 Å². The zero-order valence-corrected chi connectivity index (χ0v) is 11.6. The van der Waals surface area contributed by atoms with E-state index in [1.54, 1.807) is 0 Å². The van der Waals surface area contributed by atoms with E-state index in [9.17, 15) is 4.79 Å². The molecule has 0 radical (unpaired) electrons. The number of carbonyl (C=O) groups is 1. The molecule has 2 nitrogen and oxygen atoms in total. The van der Waals surface area contributed by atoms with Crippen LogP contribution in [0.3, 0.4) is 0 Å². The van der Waals surface area contributed by atoms with Gasteiger partial charge in [-0.15, -0.1) is 0 Å². The molecule has 2 fully saturated rings. The molecule has 102 valence electrons. The first-order valence-electron chi connectivity index (χ1n) is 7.65. The highest BCUT2D eigenvalue weighted by molar-refractivity contribution is 5.79. The van der Waals surface area contributed by atoms with Crippen molar-refractivity contribution < 1.29 is 4.79 Å². The Morgan fingerprint density at radius 2 is 1.63 bits per heavy atom.